The van der Waals surface area contributed by atoms with E-state index in [9.17, 15) is 13.6 Å². The van der Waals surface area contributed by atoms with Crippen LogP contribution in [0, 0.1) is 0 Å². The number of aromatic carboxylic acids is 1. The van der Waals surface area contributed by atoms with Crippen molar-refractivity contribution in [1.82, 2.24) is 0 Å². The Morgan fingerprint density at radius 1 is 1.40 bits per heavy atom. The van der Waals surface area contributed by atoms with Gasteiger partial charge >= 0.3 is 5.97 Å². The molecule has 2 rings (SSSR count). The fourth-order valence-corrected chi connectivity index (χ4v) is 1.53. The molecule has 0 aliphatic carbocycles. The van der Waals surface area contributed by atoms with Gasteiger partial charge in [-0.3, -0.25) is 0 Å². The van der Waals surface area contributed by atoms with Gasteiger partial charge in [0.05, 0.1) is 18.7 Å². The molecule has 1 N–H and O–H groups in total. The molecule has 1 fully saturated rings. The van der Waals surface area contributed by atoms with Crippen LogP contribution in [-0.2, 0) is 0 Å². The molecule has 0 aromatic heterocycles. The van der Waals surface area contributed by atoms with Crippen LogP contribution in [0.25, 0.3) is 0 Å². The van der Waals surface area contributed by atoms with Crippen molar-refractivity contribution in [3.63, 3.8) is 0 Å². The first-order valence-corrected chi connectivity index (χ1v) is 4.44. The Balaban J connectivity index is 2.17. The molecule has 0 saturated carbocycles. The third-order valence-corrected chi connectivity index (χ3v) is 2.30. The summed E-state index contributed by atoms with van der Waals surface area (Å²) in [5.74, 6) is -3.69. The van der Waals surface area contributed by atoms with Crippen molar-refractivity contribution in [2.24, 2.45) is 0 Å². The zero-order valence-corrected chi connectivity index (χ0v) is 7.78. The van der Waals surface area contributed by atoms with E-state index in [4.69, 9.17) is 5.11 Å². The lowest BCUT2D eigenvalue weighted by atomic mass is 10.1. The van der Waals surface area contributed by atoms with E-state index < -0.39 is 11.9 Å². The molecule has 0 atom stereocenters. The summed E-state index contributed by atoms with van der Waals surface area (Å²) in [5.41, 5.74) is 0.642. The highest BCUT2D eigenvalue weighted by atomic mass is 19.3. The quantitative estimate of drug-likeness (QED) is 0.814. The predicted molar refractivity (Wildman–Crippen MR) is 50.6 cm³/mol. The molecule has 15 heavy (non-hydrogen) atoms. The normalized spacial score (nSPS) is 18.4. The Kier molecular flexibility index (Phi) is 2.10. The minimum absolute atomic E-state index is 0.114. The van der Waals surface area contributed by atoms with E-state index in [0.29, 0.717) is 5.69 Å². The lowest BCUT2D eigenvalue weighted by Gasteiger charge is -2.40. The monoisotopic (exact) mass is 213 g/mol. The second-order valence-corrected chi connectivity index (χ2v) is 3.57. The summed E-state index contributed by atoms with van der Waals surface area (Å²) >= 11 is 0. The maximum absolute atomic E-state index is 12.6. The number of carboxylic acid groups (broad SMARTS) is 1. The zero-order valence-electron chi connectivity index (χ0n) is 7.78. The van der Waals surface area contributed by atoms with Gasteiger partial charge in [-0.2, -0.15) is 0 Å². The average molecular weight is 213 g/mol. The summed E-state index contributed by atoms with van der Waals surface area (Å²) < 4.78 is 25.2. The van der Waals surface area contributed by atoms with Gasteiger partial charge in [-0.05, 0) is 18.2 Å². The van der Waals surface area contributed by atoms with Crippen molar-refractivity contribution < 1.29 is 18.7 Å². The molecule has 1 heterocycles. The van der Waals surface area contributed by atoms with Gasteiger partial charge in [0.2, 0.25) is 0 Å². The smallest absolute Gasteiger partial charge is 0.335 e. The summed E-state index contributed by atoms with van der Waals surface area (Å²) in [6, 6.07) is 6.01. The summed E-state index contributed by atoms with van der Waals surface area (Å²) in [7, 11) is 0. The standard InChI is InChI=1S/C10H9F2NO2/c11-10(12)5-13(6-10)8-3-1-2-7(4-8)9(14)15/h1-4H,5-6H2,(H,14,15). The van der Waals surface area contributed by atoms with Crippen LogP contribution in [-0.4, -0.2) is 30.1 Å². The fraction of sp³-hybridized carbons (Fsp3) is 0.300. The Labute approximate surface area is 84.9 Å². The maximum Gasteiger partial charge on any atom is 0.335 e. The van der Waals surface area contributed by atoms with Gasteiger partial charge in [-0.1, -0.05) is 6.07 Å². The number of hydrogen-bond acceptors (Lipinski definition) is 2. The van der Waals surface area contributed by atoms with E-state index >= 15 is 0 Å². The van der Waals surface area contributed by atoms with E-state index in [-0.39, 0.29) is 18.7 Å². The van der Waals surface area contributed by atoms with E-state index in [1.807, 2.05) is 0 Å². The summed E-state index contributed by atoms with van der Waals surface area (Å²) in [4.78, 5) is 12.1. The molecule has 80 valence electrons. The van der Waals surface area contributed by atoms with E-state index in [2.05, 4.69) is 0 Å². The second-order valence-electron chi connectivity index (χ2n) is 3.57. The van der Waals surface area contributed by atoms with E-state index in [1.54, 1.807) is 12.1 Å². The van der Waals surface area contributed by atoms with Crippen LogP contribution in [0.5, 0.6) is 0 Å². The van der Waals surface area contributed by atoms with Gasteiger partial charge in [-0.15, -0.1) is 0 Å². The van der Waals surface area contributed by atoms with Gasteiger partial charge in [0.15, 0.2) is 0 Å². The number of carboxylic acids is 1. The van der Waals surface area contributed by atoms with Crippen molar-refractivity contribution in [2.45, 2.75) is 5.92 Å². The second kappa shape index (κ2) is 3.18. The lowest BCUT2D eigenvalue weighted by Crippen LogP contribution is -2.56. The highest BCUT2D eigenvalue weighted by Crippen LogP contribution is 2.31. The Morgan fingerprint density at radius 2 is 2.07 bits per heavy atom. The van der Waals surface area contributed by atoms with Crippen molar-refractivity contribution in [2.75, 3.05) is 18.0 Å². The van der Waals surface area contributed by atoms with Crippen molar-refractivity contribution in [3.05, 3.63) is 29.8 Å². The van der Waals surface area contributed by atoms with Crippen molar-refractivity contribution in [3.8, 4) is 0 Å². The van der Waals surface area contributed by atoms with Gasteiger partial charge in [0, 0.05) is 5.69 Å². The molecule has 0 unspecified atom stereocenters. The van der Waals surface area contributed by atoms with Crippen LogP contribution in [0.1, 0.15) is 10.4 Å². The van der Waals surface area contributed by atoms with Crippen molar-refractivity contribution >= 4 is 11.7 Å². The van der Waals surface area contributed by atoms with Crippen LogP contribution >= 0.6 is 0 Å². The van der Waals surface area contributed by atoms with Crippen LogP contribution < -0.4 is 4.90 Å². The molecule has 3 nitrogen and oxygen atoms in total. The highest BCUT2D eigenvalue weighted by Gasteiger charge is 2.43. The number of nitrogens with zero attached hydrogens (tertiary/aromatic N) is 1. The number of benzene rings is 1. The molecule has 0 bridgehead atoms. The van der Waals surface area contributed by atoms with E-state index in [1.165, 1.54) is 17.0 Å². The van der Waals surface area contributed by atoms with Gasteiger partial charge in [0.1, 0.15) is 0 Å². The minimum Gasteiger partial charge on any atom is -0.478 e. The van der Waals surface area contributed by atoms with Crippen LogP contribution in [0.15, 0.2) is 24.3 Å². The van der Waals surface area contributed by atoms with Crippen molar-refractivity contribution in [1.29, 1.82) is 0 Å². The maximum atomic E-state index is 12.6. The number of halogens is 2. The van der Waals surface area contributed by atoms with Crippen LogP contribution in [0.3, 0.4) is 0 Å². The molecule has 1 aliphatic rings. The molecule has 1 saturated heterocycles. The molecular formula is C10H9F2NO2. The summed E-state index contributed by atoms with van der Waals surface area (Å²) in [6.07, 6.45) is 0. The largest absolute Gasteiger partial charge is 0.478 e. The predicted octanol–water partition coefficient (Wildman–Crippen LogP) is 1.84. The average Bonchev–Trinajstić information content (AvgIpc) is 2.14. The first kappa shape index (κ1) is 9.89. The number of rotatable bonds is 2. The topological polar surface area (TPSA) is 40.5 Å². The number of alkyl halides is 2. The number of anilines is 1. The van der Waals surface area contributed by atoms with Crippen LogP contribution in [0.4, 0.5) is 14.5 Å². The lowest BCUT2D eigenvalue weighted by molar-refractivity contribution is -0.0262. The van der Waals surface area contributed by atoms with Gasteiger partial charge in [-0.25, -0.2) is 13.6 Å². The molecular weight excluding hydrogens is 204 g/mol. The first-order valence-electron chi connectivity index (χ1n) is 4.44. The minimum atomic E-state index is -2.64. The van der Waals surface area contributed by atoms with E-state index in [0.717, 1.165) is 0 Å². The molecule has 0 amide bonds. The zero-order chi connectivity index (χ0) is 11.1. The van der Waals surface area contributed by atoms with Gasteiger partial charge in [0.25, 0.3) is 5.92 Å². The Bertz CT molecular complexity index is 398. The third kappa shape index (κ3) is 1.91. The Morgan fingerprint density at radius 3 is 2.60 bits per heavy atom. The third-order valence-electron chi connectivity index (χ3n) is 2.30. The molecule has 1 aromatic carbocycles. The molecule has 0 spiro atoms. The SMILES string of the molecule is O=C(O)c1cccc(N2CC(F)(F)C2)c1. The number of hydrogen-bond donors (Lipinski definition) is 1. The molecule has 5 heteroatoms. The summed E-state index contributed by atoms with van der Waals surface area (Å²) in [6.45, 7) is -0.674. The molecule has 1 aromatic rings. The Hall–Kier alpha value is -1.65. The van der Waals surface area contributed by atoms with Crippen LogP contribution in [0.2, 0.25) is 0 Å². The van der Waals surface area contributed by atoms with Gasteiger partial charge < -0.3 is 10.0 Å². The first-order chi connectivity index (χ1) is 6.98. The molecule has 1 aliphatic heterocycles. The summed E-state index contributed by atoms with van der Waals surface area (Å²) in [5, 5.41) is 8.72. The number of carbonyl (C=O) groups is 1. The highest BCUT2D eigenvalue weighted by molar-refractivity contribution is 5.88. The fourth-order valence-electron chi connectivity index (χ4n) is 1.53. The molecule has 0 radical (unpaired) electrons.